The molecule has 0 spiro atoms. The summed E-state index contributed by atoms with van der Waals surface area (Å²) < 4.78 is 15.9. The van der Waals surface area contributed by atoms with E-state index in [-0.39, 0.29) is 9.68 Å². The average molecular weight is 233 g/mol. The quantitative estimate of drug-likeness (QED) is 0.415. The molecule has 1 fully saturated rings. The molecule has 1 saturated heterocycles. The number of ether oxygens (including phenoxy) is 3. The lowest BCUT2D eigenvalue weighted by molar-refractivity contribution is -0.149. The molecule has 1 unspecified atom stereocenters. The fourth-order valence-electron chi connectivity index (χ4n) is 1.64. The normalized spacial score (nSPS) is 25.0. The van der Waals surface area contributed by atoms with Crippen molar-refractivity contribution in [1.29, 1.82) is 0 Å². The number of nitrogens with one attached hydrogen (secondary N) is 1. The van der Waals surface area contributed by atoms with E-state index in [1.54, 1.807) is 0 Å². The molecule has 90 valence electrons. The first-order chi connectivity index (χ1) is 7.43. The van der Waals surface area contributed by atoms with Gasteiger partial charge in [-0.15, -0.1) is 0 Å². The summed E-state index contributed by atoms with van der Waals surface area (Å²) in [5, 5.41) is 0. The van der Waals surface area contributed by atoms with Gasteiger partial charge in [-0.25, -0.2) is 0 Å². The maximum atomic E-state index is 5.64. The monoisotopic (exact) mass is 233 g/mol. The van der Waals surface area contributed by atoms with Crippen LogP contribution in [0.2, 0.25) is 6.04 Å². The molecule has 0 saturated carbocycles. The second-order valence-corrected chi connectivity index (χ2v) is 5.46. The van der Waals surface area contributed by atoms with Crippen LogP contribution in [0.1, 0.15) is 26.2 Å². The van der Waals surface area contributed by atoms with E-state index in [9.17, 15) is 0 Å². The minimum absolute atomic E-state index is 0.0416. The van der Waals surface area contributed by atoms with Crippen molar-refractivity contribution in [2.45, 2.75) is 38.3 Å². The standard InChI is InChI=1S/C10H23NO3Si/c1-2-12-8-13-9-14-10-4-3-7-15-11-6-5-10/h10-11H,2-9,15H2,1H3. The summed E-state index contributed by atoms with van der Waals surface area (Å²) >= 11 is 0. The zero-order valence-corrected chi connectivity index (χ0v) is 11.1. The fraction of sp³-hybridized carbons (Fsp3) is 1.00. The molecule has 1 aliphatic rings. The molecule has 1 heterocycles. The smallest absolute Gasteiger partial charge is 0.149 e. The summed E-state index contributed by atoms with van der Waals surface area (Å²) in [7, 11) is 0.0416. The van der Waals surface area contributed by atoms with Gasteiger partial charge in [-0.1, -0.05) is 6.42 Å². The van der Waals surface area contributed by atoms with Gasteiger partial charge in [-0.2, -0.15) is 0 Å². The number of hydrogen-bond donors (Lipinski definition) is 1. The molecule has 0 aliphatic carbocycles. The van der Waals surface area contributed by atoms with E-state index in [0.717, 1.165) is 13.0 Å². The molecule has 1 N–H and O–H groups in total. The van der Waals surface area contributed by atoms with Crippen molar-refractivity contribution in [2.75, 3.05) is 26.7 Å². The van der Waals surface area contributed by atoms with Gasteiger partial charge in [0.1, 0.15) is 13.6 Å². The highest BCUT2D eigenvalue weighted by Crippen LogP contribution is 2.10. The zero-order valence-electron chi connectivity index (χ0n) is 9.67. The van der Waals surface area contributed by atoms with Crippen molar-refractivity contribution >= 4 is 9.68 Å². The van der Waals surface area contributed by atoms with Crippen molar-refractivity contribution in [1.82, 2.24) is 4.98 Å². The largest absolute Gasteiger partial charge is 0.356 e. The first kappa shape index (κ1) is 13.1. The van der Waals surface area contributed by atoms with Crippen LogP contribution in [0.15, 0.2) is 0 Å². The van der Waals surface area contributed by atoms with Gasteiger partial charge in [0.2, 0.25) is 0 Å². The average Bonchev–Trinajstić information content (AvgIpc) is 2.20. The van der Waals surface area contributed by atoms with Crippen molar-refractivity contribution in [2.24, 2.45) is 0 Å². The Bertz CT molecular complexity index is 141. The second kappa shape index (κ2) is 9.29. The molecule has 0 bridgehead atoms. The van der Waals surface area contributed by atoms with Gasteiger partial charge in [0.15, 0.2) is 0 Å². The van der Waals surface area contributed by atoms with Gasteiger partial charge < -0.3 is 19.2 Å². The lowest BCUT2D eigenvalue weighted by Gasteiger charge is -2.20. The molecule has 4 nitrogen and oxygen atoms in total. The van der Waals surface area contributed by atoms with Crippen LogP contribution in [0.25, 0.3) is 0 Å². The lowest BCUT2D eigenvalue weighted by atomic mass is 10.1. The summed E-state index contributed by atoms with van der Waals surface area (Å²) in [4.78, 5) is 3.52. The summed E-state index contributed by atoms with van der Waals surface area (Å²) in [5.74, 6) is 0. The molecule has 5 heteroatoms. The Kier molecular flexibility index (Phi) is 8.13. The highest BCUT2D eigenvalue weighted by molar-refractivity contribution is 6.32. The van der Waals surface area contributed by atoms with Crippen LogP contribution in [0, 0.1) is 0 Å². The SMILES string of the molecule is CCOCOCOC1CCC[SiH2]NCC1. The van der Waals surface area contributed by atoms with Crippen molar-refractivity contribution in [3.05, 3.63) is 0 Å². The first-order valence-electron chi connectivity index (χ1n) is 5.91. The van der Waals surface area contributed by atoms with Crippen LogP contribution < -0.4 is 4.98 Å². The molecule has 0 amide bonds. The number of rotatable bonds is 6. The Morgan fingerprint density at radius 3 is 3.07 bits per heavy atom. The Hall–Kier alpha value is 0.0569. The van der Waals surface area contributed by atoms with Gasteiger partial charge in [-0.3, -0.25) is 0 Å². The fourth-order valence-corrected chi connectivity index (χ4v) is 2.88. The Balaban J connectivity index is 1.97. The predicted octanol–water partition coefficient (Wildman–Crippen LogP) is 0.615. The first-order valence-corrected chi connectivity index (χ1v) is 7.62. The van der Waals surface area contributed by atoms with E-state index >= 15 is 0 Å². The molecule has 0 aromatic heterocycles. The third-order valence-corrected chi connectivity index (χ3v) is 4.09. The molecule has 0 radical (unpaired) electrons. The van der Waals surface area contributed by atoms with Crippen LogP contribution in [-0.2, 0) is 14.2 Å². The van der Waals surface area contributed by atoms with Crippen molar-refractivity contribution in [3.63, 3.8) is 0 Å². The van der Waals surface area contributed by atoms with E-state index < -0.39 is 0 Å². The van der Waals surface area contributed by atoms with Crippen LogP contribution in [0.3, 0.4) is 0 Å². The molecule has 1 atom stereocenters. The minimum Gasteiger partial charge on any atom is -0.356 e. The Morgan fingerprint density at radius 1 is 1.27 bits per heavy atom. The van der Waals surface area contributed by atoms with Gasteiger partial charge in [0.25, 0.3) is 0 Å². The second-order valence-electron chi connectivity index (χ2n) is 3.76. The van der Waals surface area contributed by atoms with Crippen molar-refractivity contribution in [3.8, 4) is 0 Å². The lowest BCUT2D eigenvalue weighted by Crippen LogP contribution is -2.28. The van der Waals surface area contributed by atoms with E-state index in [4.69, 9.17) is 14.2 Å². The predicted molar refractivity (Wildman–Crippen MR) is 62.5 cm³/mol. The van der Waals surface area contributed by atoms with E-state index in [1.165, 1.54) is 18.9 Å². The van der Waals surface area contributed by atoms with E-state index in [2.05, 4.69) is 4.98 Å². The van der Waals surface area contributed by atoms with Crippen LogP contribution >= 0.6 is 0 Å². The van der Waals surface area contributed by atoms with E-state index in [0.29, 0.717) is 26.3 Å². The molecular weight excluding hydrogens is 210 g/mol. The van der Waals surface area contributed by atoms with Crippen LogP contribution in [-0.4, -0.2) is 42.5 Å². The molecule has 15 heavy (non-hydrogen) atoms. The molecule has 0 aromatic carbocycles. The van der Waals surface area contributed by atoms with E-state index in [1.807, 2.05) is 6.92 Å². The highest BCUT2D eigenvalue weighted by atomic mass is 28.2. The molecule has 1 rings (SSSR count). The van der Waals surface area contributed by atoms with Crippen molar-refractivity contribution < 1.29 is 14.2 Å². The van der Waals surface area contributed by atoms with Gasteiger partial charge >= 0.3 is 0 Å². The zero-order chi connectivity index (χ0) is 10.8. The highest BCUT2D eigenvalue weighted by Gasteiger charge is 2.10. The number of hydrogen-bond acceptors (Lipinski definition) is 4. The minimum atomic E-state index is 0.0416. The third kappa shape index (κ3) is 7.02. The maximum absolute atomic E-state index is 5.64. The van der Waals surface area contributed by atoms with Gasteiger partial charge in [0.05, 0.1) is 15.8 Å². The maximum Gasteiger partial charge on any atom is 0.149 e. The summed E-state index contributed by atoms with van der Waals surface area (Å²) in [6.07, 6.45) is 3.97. The molecule has 0 aromatic rings. The summed E-state index contributed by atoms with van der Waals surface area (Å²) in [5.41, 5.74) is 0. The Morgan fingerprint density at radius 2 is 2.20 bits per heavy atom. The summed E-state index contributed by atoms with van der Waals surface area (Å²) in [6.45, 7) is 4.46. The van der Waals surface area contributed by atoms with Gasteiger partial charge in [-0.05, 0) is 32.4 Å². The molecule has 1 aliphatic heterocycles. The van der Waals surface area contributed by atoms with Crippen LogP contribution in [0.4, 0.5) is 0 Å². The third-order valence-electron chi connectivity index (χ3n) is 2.53. The summed E-state index contributed by atoms with van der Waals surface area (Å²) in [6, 6.07) is 1.39. The molecular formula is C10H23NO3Si. The van der Waals surface area contributed by atoms with Crippen LogP contribution in [0.5, 0.6) is 0 Å². The van der Waals surface area contributed by atoms with Gasteiger partial charge in [0, 0.05) is 6.61 Å². The Labute approximate surface area is 94.6 Å². The topological polar surface area (TPSA) is 39.7 Å².